The Hall–Kier alpha value is -1.14. The van der Waals surface area contributed by atoms with Crippen LogP contribution in [0.3, 0.4) is 0 Å². The van der Waals surface area contributed by atoms with Crippen LogP contribution in [0.1, 0.15) is 24.1 Å². The first-order chi connectivity index (χ1) is 8.07. The van der Waals surface area contributed by atoms with E-state index >= 15 is 0 Å². The van der Waals surface area contributed by atoms with E-state index in [-0.39, 0.29) is 0 Å². The predicted molar refractivity (Wildman–Crippen MR) is 73.4 cm³/mol. The van der Waals surface area contributed by atoms with E-state index in [2.05, 4.69) is 10.4 Å². The number of methoxy groups -OCH3 is 1. The molecule has 0 bridgehead atoms. The Morgan fingerprint density at radius 1 is 1.53 bits per heavy atom. The van der Waals surface area contributed by atoms with E-state index in [1.807, 2.05) is 14.0 Å². The summed E-state index contributed by atoms with van der Waals surface area (Å²) >= 11 is 5.04. The van der Waals surface area contributed by atoms with E-state index in [0.29, 0.717) is 4.99 Å². The molecular formula is C11H20N4OS. The Labute approximate surface area is 107 Å². The molecule has 0 spiro atoms. The van der Waals surface area contributed by atoms with E-state index < -0.39 is 0 Å². The largest absolute Gasteiger partial charge is 0.389 e. The molecule has 6 heteroatoms. The lowest BCUT2D eigenvalue weighted by Crippen LogP contribution is -2.15. The summed E-state index contributed by atoms with van der Waals surface area (Å²) in [5, 5.41) is 7.63. The number of thiocarbonyl (C=S) groups is 1. The van der Waals surface area contributed by atoms with Gasteiger partial charge in [0.2, 0.25) is 0 Å². The first-order valence-electron chi connectivity index (χ1n) is 5.64. The van der Waals surface area contributed by atoms with Crippen molar-refractivity contribution in [2.75, 3.05) is 25.6 Å². The maximum absolute atomic E-state index is 5.70. The van der Waals surface area contributed by atoms with Crippen molar-refractivity contribution in [3.63, 3.8) is 0 Å². The molecule has 5 nitrogen and oxygen atoms in total. The molecule has 0 aliphatic rings. The topological polar surface area (TPSA) is 65.1 Å². The quantitative estimate of drug-likeness (QED) is 0.567. The summed E-state index contributed by atoms with van der Waals surface area (Å²) < 4.78 is 6.78. The molecule has 1 heterocycles. The van der Waals surface area contributed by atoms with Crippen LogP contribution >= 0.6 is 12.2 Å². The van der Waals surface area contributed by atoms with Crippen molar-refractivity contribution in [2.24, 2.45) is 12.8 Å². The number of hydrogen-bond donors (Lipinski definition) is 2. The zero-order chi connectivity index (χ0) is 12.8. The Balaban J connectivity index is 2.61. The predicted octanol–water partition coefficient (Wildman–Crippen LogP) is 1.20. The van der Waals surface area contributed by atoms with Crippen molar-refractivity contribution in [3.05, 3.63) is 11.3 Å². The fourth-order valence-electron chi connectivity index (χ4n) is 1.73. The van der Waals surface area contributed by atoms with Gasteiger partial charge < -0.3 is 15.8 Å². The van der Waals surface area contributed by atoms with Crippen LogP contribution in [-0.4, -0.2) is 35.0 Å². The maximum atomic E-state index is 5.70. The average molecular weight is 256 g/mol. The molecule has 0 saturated carbocycles. The minimum atomic E-state index is 0.384. The van der Waals surface area contributed by atoms with Crippen LogP contribution in [0.4, 0.5) is 5.82 Å². The van der Waals surface area contributed by atoms with Crippen LogP contribution in [0.2, 0.25) is 0 Å². The van der Waals surface area contributed by atoms with Gasteiger partial charge in [0.1, 0.15) is 10.8 Å². The highest BCUT2D eigenvalue weighted by Crippen LogP contribution is 2.18. The van der Waals surface area contributed by atoms with Gasteiger partial charge in [-0.15, -0.1) is 0 Å². The Morgan fingerprint density at radius 3 is 2.82 bits per heavy atom. The fourth-order valence-corrected chi connectivity index (χ4v) is 1.98. The summed E-state index contributed by atoms with van der Waals surface area (Å²) in [6, 6.07) is 0. The zero-order valence-corrected chi connectivity index (χ0v) is 11.4. The van der Waals surface area contributed by atoms with E-state index in [9.17, 15) is 0 Å². The van der Waals surface area contributed by atoms with E-state index in [1.165, 1.54) is 0 Å². The molecule has 1 aromatic rings. The van der Waals surface area contributed by atoms with Crippen LogP contribution in [0.15, 0.2) is 0 Å². The van der Waals surface area contributed by atoms with E-state index in [1.54, 1.807) is 11.8 Å². The van der Waals surface area contributed by atoms with Crippen molar-refractivity contribution in [1.82, 2.24) is 9.78 Å². The number of rotatable bonds is 7. The highest BCUT2D eigenvalue weighted by Gasteiger charge is 2.14. The molecule has 1 aromatic heterocycles. The maximum Gasteiger partial charge on any atom is 0.134 e. The molecule has 0 aromatic carbocycles. The monoisotopic (exact) mass is 256 g/mol. The minimum Gasteiger partial charge on any atom is -0.389 e. The van der Waals surface area contributed by atoms with Gasteiger partial charge in [-0.25, -0.2) is 0 Å². The van der Waals surface area contributed by atoms with Crippen molar-refractivity contribution in [2.45, 2.75) is 19.8 Å². The number of aromatic nitrogens is 2. The lowest BCUT2D eigenvalue weighted by atomic mass is 10.2. The van der Waals surface area contributed by atoms with Crippen LogP contribution in [0, 0.1) is 6.92 Å². The van der Waals surface area contributed by atoms with Crippen molar-refractivity contribution in [3.8, 4) is 0 Å². The number of nitrogens with two attached hydrogens (primary N) is 1. The molecule has 96 valence electrons. The molecule has 0 saturated heterocycles. The Kier molecular flexibility index (Phi) is 5.37. The Morgan fingerprint density at radius 2 is 2.24 bits per heavy atom. The molecular weight excluding hydrogens is 236 g/mol. The molecule has 0 aliphatic heterocycles. The summed E-state index contributed by atoms with van der Waals surface area (Å²) in [6.45, 7) is 3.55. The summed E-state index contributed by atoms with van der Waals surface area (Å²) in [7, 11) is 3.59. The third-order valence-electron chi connectivity index (χ3n) is 2.54. The SMILES string of the molecule is COCCCCNc1c(C(N)=S)c(C)nn1C. The third-order valence-corrected chi connectivity index (χ3v) is 2.74. The summed E-state index contributed by atoms with van der Waals surface area (Å²) in [4.78, 5) is 0.384. The highest BCUT2D eigenvalue weighted by atomic mass is 32.1. The fraction of sp³-hybridized carbons (Fsp3) is 0.636. The lowest BCUT2D eigenvalue weighted by molar-refractivity contribution is 0.193. The molecule has 3 N–H and O–H groups in total. The number of nitrogens with one attached hydrogen (secondary N) is 1. The third kappa shape index (κ3) is 3.67. The van der Waals surface area contributed by atoms with Crippen LogP contribution in [0.5, 0.6) is 0 Å². The smallest absolute Gasteiger partial charge is 0.134 e. The van der Waals surface area contributed by atoms with Gasteiger partial charge in [0, 0.05) is 27.3 Å². The second-order valence-corrected chi connectivity index (χ2v) is 4.36. The number of anilines is 1. The molecule has 17 heavy (non-hydrogen) atoms. The normalized spacial score (nSPS) is 10.5. The summed E-state index contributed by atoms with van der Waals surface area (Å²) in [5.74, 6) is 0.896. The lowest BCUT2D eigenvalue weighted by Gasteiger charge is -2.08. The molecule has 1 rings (SSSR count). The van der Waals surface area contributed by atoms with Crippen LogP contribution in [-0.2, 0) is 11.8 Å². The second-order valence-electron chi connectivity index (χ2n) is 3.92. The molecule has 0 fully saturated rings. The van der Waals surface area contributed by atoms with Gasteiger partial charge in [0.05, 0.1) is 11.3 Å². The number of nitrogens with zero attached hydrogens (tertiary/aromatic N) is 2. The highest BCUT2D eigenvalue weighted by molar-refractivity contribution is 7.80. The van der Waals surface area contributed by atoms with Gasteiger partial charge in [-0.2, -0.15) is 5.10 Å². The summed E-state index contributed by atoms with van der Waals surface area (Å²) in [6.07, 6.45) is 2.07. The van der Waals surface area contributed by atoms with Gasteiger partial charge in [0.25, 0.3) is 0 Å². The molecule has 0 atom stereocenters. The molecule has 0 radical (unpaired) electrons. The molecule has 0 unspecified atom stereocenters. The second kappa shape index (κ2) is 6.56. The number of aryl methyl sites for hydroxylation is 2. The van der Waals surface area contributed by atoms with Gasteiger partial charge >= 0.3 is 0 Å². The van der Waals surface area contributed by atoms with Crippen molar-refractivity contribution >= 4 is 23.0 Å². The molecule has 0 aliphatic carbocycles. The number of ether oxygens (including phenoxy) is 1. The Bertz CT molecular complexity index is 389. The first kappa shape index (κ1) is 13.9. The average Bonchev–Trinajstić information content (AvgIpc) is 2.53. The first-order valence-corrected chi connectivity index (χ1v) is 6.05. The zero-order valence-electron chi connectivity index (χ0n) is 10.6. The number of unbranched alkanes of at least 4 members (excludes halogenated alkanes) is 1. The molecule has 0 amide bonds. The van der Waals surface area contributed by atoms with Crippen molar-refractivity contribution in [1.29, 1.82) is 0 Å². The van der Waals surface area contributed by atoms with E-state index in [4.69, 9.17) is 22.7 Å². The van der Waals surface area contributed by atoms with Gasteiger partial charge in [-0.05, 0) is 19.8 Å². The summed E-state index contributed by atoms with van der Waals surface area (Å²) in [5.41, 5.74) is 7.40. The van der Waals surface area contributed by atoms with Crippen molar-refractivity contribution < 1.29 is 4.74 Å². The van der Waals surface area contributed by atoms with Crippen LogP contribution < -0.4 is 11.1 Å². The van der Waals surface area contributed by atoms with Gasteiger partial charge in [0.15, 0.2) is 0 Å². The number of hydrogen-bond acceptors (Lipinski definition) is 4. The van der Waals surface area contributed by atoms with Crippen LogP contribution in [0.25, 0.3) is 0 Å². The minimum absolute atomic E-state index is 0.384. The van der Waals surface area contributed by atoms with Gasteiger partial charge in [-0.3, -0.25) is 4.68 Å². The van der Waals surface area contributed by atoms with Gasteiger partial charge in [-0.1, -0.05) is 12.2 Å². The standard InChI is InChI=1S/C11H20N4OS/c1-8-9(10(12)17)11(15(2)14-8)13-6-4-5-7-16-3/h13H,4-7H2,1-3H3,(H2,12,17). The van der Waals surface area contributed by atoms with E-state index in [0.717, 1.165) is 43.1 Å².